The Balaban J connectivity index is 1.30. The van der Waals surface area contributed by atoms with Crippen LogP contribution in [-0.2, 0) is 33.8 Å². The molecule has 5 rings (SSSR count). The van der Waals surface area contributed by atoms with Crippen LogP contribution in [0.25, 0.3) is 0 Å². The van der Waals surface area contributed by atoms with E-state index in [0.717, 1.165) is 63.1 Å². The molecule has 4 heterocycles. The lowest BCUT2D eigenvalue weighted by Crippen LogP contribution is -2.57. The molecule has 0 aliphatic carbocycles. The van der Waals surface area contributed by atoms with Crippen LogP contribution in [0.1, 0.15) is 63.1 Å². The van der Waals surface area contributed by atoms with Crippen LogP contribution in [0.2, 0.25) is 0 Å². The van der Waals surface area contributed by atoms with E-state index in [1.807, 2.05) is 53.0 Å². The Morgan fingerprint density at radius 1 is 1.05 bits per heavy atom. The highest BCUT2D eigenvalue weighted by Crippen LogP contribution is 2.37. The summed E-state index contributed by atoms with van der Waals surface area (Å²) >= 11 is 0. The number of amides is 3. The van der Waals surface area contributed by atoms with Gasteiger partial charge in [0, 0.05) is 57.7 Å². The molecule has 2 fully saturated rings. The number of benzene rings is 1. The summed E-state index contributed by atoms with van der Waals surface area (Å²) in [7, 11) is 0. The van der Waals surface area contributed by atoms with Crippen molar-refractivity contribution in [3.63, 3.8) is 0 Å². The first-order valence-corrected chi connectivity index (χ1v) is 15.0. The number of piperidine rings is 2. The van der Waals surface area contributed by atoms with Crippen LogP contribution in [0.4, 0.5) is 0 Å². The number of carbonyl (C=O) groups excluding carboxylic acids is 3. The lowest BCUT2D eigenvalue weighted by molar-refractivity contribution is -0.138. The first kappa shape index (κ1) is 28.3. The van der Waals surface area contributed by atoms with Gasteiger partial charge in [-0.1, -0.05) is 42.5 Å². The van der Waals surface area contributed by atoms with Gasteiger partial charge in [0.1, 0.15) is 6.04 Å². The minimum atomic E-state index is -0.654. The van der Waals surface area contributed by atoms with E-state index in [-0.39, 0.29) is 17.7 Å². The van der Waals surface area contributed by atoms with Crippen molar-refractivity contribution in [3.05, 3.63) is 47.8 Å². The minimum absolute atomic E-state index is 0.0722. The molecule has 0 radical (unpaired) electrons. The minimum Gasteiger partial charge on any atom is -0.354 e. The second kappa shape index (κ2) is 12.9. The Bertz CT molecular complexity index is 1150. The molecule has 0 unspecified atom stereocenters. The van der Waals surface area contributed by atoms with Crippen molar-refractivity contribution in [2.45, 2.75) is 83.3 Å². The predicted molar refractivity (Wildman–Crippen MR) is 151 cm³/mol. The van der Waals surface area contributed by atoms with Crippen molar-refractivity contribution in [1.29, 1.82) is 0 Å². The fourth-order valence-corrected chi connectivity index (χ4v) is 6.48. The van der Waals surface area contributed by atoms with Crippen molar-refractivity contribution >= 4 is 17.7 Å². The summed E-state index contributed by atoms with van der Waals surface area (Å²) in [5.41, 5.74) is 1.18. The molecule has 10 heteroatoms. The van der Waals surface area contributed by atoms with Crippen LogP contribution < -0.4 is 10.6 Å². The smallest absolute Gasteiger partial charge is 0.242 e. The molecule has 3 aliphatic heterocycles. The van der Waals surface area contributed by atoms with Crippen molar-refractivity contribution in [2.75, 3.05) is 32.7 Å². The number of nitrogens with one attached hydrogen (secondary N) is 2. The highest BCUT2D eigenvalue weighted by Gasteiger charge is 2.44. The monoisotopic (exact) mass is 549 g/mol. The summed E-state index contributed by atoms with van der Waals surface area (Å²) < 4.78 is 1.81. The van der Waals surface area contributed by atoms with E-state index in [1.54, 1.807) is 0 Å². The van der Waals surface area contributed by atoms with Gasteiger partial charge in [0.05, 0.1) is 11.1 Å². The molecule has 2 saturated heterocycles. The lowest BCUT2D eigenvalue weighted by atomic mass is 9.73. The maximum absolute atomic E-state index is 14.1. The average molecular weight is 550 g/mol. The number of rotatable bonds is 5. The predicted octanol–water partition coefficient (Wildman–Crippen LogP) is 1.94. The van der Waals surface area contributed by atoms with Crippen molar-refractivity contribution in [2.24, 2.45) is 5.41 Å². The van der Waals surface area contributed by atoms with Crippen LogP contribution in [-0.4, -0.2) is 87.3 Å². The topological polar surface area (TPSA) is 112 Å². The van der Waals surface area contributed by atoms with Crippen LogP contribution >= 0.6 is 0 Å². The maximum atomic E-state index is 14.1. The molecule has 40 heavy (non-hydrogen) atoms. The van der Waals surface area contributed by atoms with Gasteiger partial charge in [-0.3, -0.25) is 19.1 Å². The Morgan fingerprint density at radius 3 is 2.52 bits per heavy atom. The highest BCUT2D eigenvalue weighted by molar-refractivity contribution is 5.90. The van der Waals surface area contributed by atoms with Crippen LogP contribution in [0.5, 0.6) is 0 Å². The third-order valence-corrected chi connectivity index (χ3v) is 8.91. The van der Waals surface area contributed by atoms with Gasteiger partial charge in [0.25, 0.3) is 0 Å². The normalized spacial score (nSPS) is 23.0. The molecule has 3 aliphatic rings. The zero-order valence-electron chi connectivity index (χ0n) is 23.7. The standard InChI is InChI=1S/C30H43N7O3/c1-2-7-27(38)36-16-10-25(11-17-36)35-18-12-30(13-19-35)21-24-22-37(34-33-24)15-6-14-31-28(39)26(32-29(30)40)20-23-8-4-3-5-9-23/h3-5,8-9,22,25-26H,2,6-7,10-21H2,1H3,(H,31,39)(H,32,40)/t26-/m0/s1. The summed E-state index contributed by atoms with van der Waals surface area (Å²) in [6.45, 7) is 6.47. The van der Waals surface area contributed by atoms with E-state index in [4.69, 9.17) is 0 Å². The van der Waals surface area contributed by atoms with E-state index in [1.165, 1.54) is 0 Å². The third-order valence-electron chi connectivity index (χ3n) is 8.91. The van der Waals surface area contributed by atoms with E-state index in [9.17, 15) is 14.4 Å². The summed E-state index contributed by atoms with van der Waals surface area (Å²) in [6.07, 6.45) is 8.50. The molecule has 1 spiro atoms. The van der Waals surface area contributed by atoms with Gasteiger partial charge in [0.15, 0.2) is 0 Å². The zero-order valence-corrected chi connectivity index (χ0v) is 23.7. The summed E-state index contributed by atoms with van der Waals surface area (Å²) in [6, 6.07) is 9.65. The second-order valence-corrected chi connectivity index (χ2v) is 11.7. The Morgan fingerprint density at radius 2 is 1.80 bits per heavy atom. The number of aryl methyl sites for hydroxylation is 1. The molecule has 216 valence electrons. The van der Waals surface area contributed by atoms with Gasteiger partial charge >= 0.3 is 0 Å². The van der Waals surface area contributed by atoms with E-state index in [2.05, 4.69) is 25.8 Å². The number of hydrogen-bond donors (Lipinski definition) is 2. The fraction of sp³-hybridized carbons (Fsp3) is 0.633. The molecule has 2 bridgehead atoms. The van der Waals surface area contributed by atoms with Crippen molar-refractivity contribution < 1.29 is 14.4 Å². The molecule has 2 aromatic rings. The molecule has 1 atom stereocenters. The molecule has 0 saturated carbocycles. The number of aromatic nitrogens is 3. The molecular weight excluding hydrogens is 506 g/mol. The van der Waals surface area contributed by atoms with Gasteiger partial charge in [-0.05, 0) is 57.2 Å². The van der Waals surface area contributed by atoms with E-state index < -0.39 is 11.5 Å². The largest absolute Gasteiger partial charge is 0.354 e. The van der Waals surface area contributed by atoms with E-state index in [0.29, 0.717) is 51.2 Å². The SMILES string of the molecule is CCCC(=O)N1CCC(N2CCC3(CC2)Cc2cn(nn2)CCCNC(=O)[C@H](Cc2ccccc2)NC3=O)CC1. The fourth-order valence-electron chi connectivity index (χ4n) is 6.48. The Kier molecular flexibility index (Phi) is 9.14. The lowest BCUT2D eigenvalue weighted by Gasteiger charge is -2.45. The average Bonchev–Trinajstić information content (AvgIpc) is 3.42. The molecule has 10 nitrogen and oxygen atoms in total. The molecule has 1 aromatic heterocycles. The summed E-state index contributed by atoms with van der Waals surface area (Å²) in [5, 5.41) is 14.9. The highest BCUT2D eigenvalue weighted by atomic mass is 16.2. The van der Waals surface area contributed by atoms with Gasteiger partial charge < -0.3 is 20.4 Å². The third kappa shape index (κ3) is 6.71. The summed E-state index contributed by atoms with van der Waals surface area (Å²) in [4.78, 5) is 44.2. The zero-order chi connectivity index (χ0) is 28.0. The Labute approximate surface area is 236 Å². The van der Waals surface area contributed by atoms with Gasteiger partial charge in [-0.2, -0.15) is 0 Å². The maximum Gasteiger partial charge on any atom is 0.242 e. The molecular formula is C30H43N7O3. The van der Waals surface area contributed by atoms with Crippen molar-refractivity contribution in [1.82, 2.24) is 35.4 Å². The second-order valence-electron chi connectivity index (χ2n) is 11.7. The van der Waals surface area contributed by atoms with Crippen LogP contribution in [0.3, 0.4) is 0 Å². The first-order chi connectivity index (χ1) is 19.5. The summed E-state index contributed by atoms with van der Waals surface area (Å²) in [5.74, 6) is 0.0465. The first-order valence-electron chi connectivity index (χ1n) is 15.0. The number of hydrogen-bond acceptors (Lipinski definition) is 6. The number of fused-ring (bicyclic) bond motifs is 2. The van der Waals surface area contributed by atoms with Crippen molar-refractivity contribution in [3.8, 4) is 0 Å². The van der Waals surface area contributed by atoms with Gasteiger partial charge in [0.2, 0.25) is 17.7 Å². The van der Waals surface area contributed by atoms with Crippen LogP contribution in [0, 0.1) is 5.41 Å². The molecule has 1 aromatic carbocycles. The molecule has 3 amide bonds. The Hall–Kier alpha value is -3.27. The van der Waals surface area contributed by atoms with E-state index >= 15 is 0 Å². The molecule has 2 N–H and O–H groups in total. The number of likely N-dealkylation sites (tertiary alicyclic amines) is 2. The van der Waals surface area contributed by atoms with Crippen LogP contribution in [0.15, 0.2) is 36.5 Å². The van der Waals surface area contributed by atoms with Gasteiger partial charge in [-0.15, -0.1) is 5.10 Å². The number of nitrogens with zero attached hydrogens (tertiary/aromatic N) is 5. The van der Waals surface area contributed by atoms with Gasteiger partial charge in [-0.25, -0.2) is 0 Å². The number of carbonyl (C=O) groups is 3. The quantitative estimate of drug-likeness (QED) is 0.590.